The van der Waals surface area contributed by atoms with Crippen LogP contribution in [0.25, 0.3) is 6.08 Å². The van der Waals surface area contributed by atoms with Crippen LogP contribution in [0.4, 0.5) is 10.5 Å². The first-order valence-corrected chi connectivity index (χ1v) is 7.90. The van der Waals surface area contributed by atoms with Gasteiger partial charge in [-0.25, -0.2) is 4.90 Å². The molecule has 4 rings (SSSR count). The SMILES string of the molecule is O=C1S/C(=C/c2ccc3c(c2)OCO3)C(=O)N1c1cccc(O)c1. The van der Waals surface area contributed by atoms with Crippen molar-refractivity contribution in [1.82, 2.24) is 0 Å². The van der Waals surface area contributed by atoms with Crippen LogP contribution in [0.1, 0.15) is 5.56 Å². The van der Waals surface area contributed by atoms with Gasteiger partial charge in [0.05, 0.1) is 10.6 Å². The zero-order chi connectivity index (χ0) is 16.7. The minimum absolute atomic E-state index is 0.00806. The van der Waals surface area contributed by atoms with Crippen LogP contribution in [-0.2, 0) is 4.79 Å². The molecule has 2 aromatic rings. The van der Waals surface area contributed by atoms with Gasteiger partial charge in [0.2, 0.25) is 6.79 Å². The normalized spacial score (nSPS) is 17.8. The smallest absolute Gasteiger partial charge is 0.298 e. The zero-order valence-corrected chi connectivity index (χ0v) is 13.1. The molecule has 1 N–H and O–H groups in total. The number of carbonyl (C=O) groups excluding carboxylic acids is 2. The third kappa shape index (κ3) is 2.48. The second kappa shape index (κ2) is 5.61. The van der Waals surface area contributed by atoms with Gasteiger partial charge in [-0.1, -0.05) is 12.1 Å². The number of aromatic hydroxyl groups is 1. The molecule has 2 aliphatic rings. The number of nitrogens with zero attached hydrogens (tertiary/aromatic N) is 1. The Morgan fingerprint density at radius 3 is 2.75 bits per heavy atom. The van der Waals surface area contributed by atoms with Gasteiger partial charge in [0, 0.05) is 6.07 Å². The number of fused-ring (bicyclic) bond motifs is 1. The van der Waals surface area contributed by atoms with Crippen molar-refractivity contribution in [2.45, 2.75) is 0 Å². The summed E-state index contributed by atoms with van der Waals surface area (Å²) in [5, 5.41) is 9.14. The largest absolute Gasteiger partial charge is 0.508 e. The number of rotatable bonds is 2. The monoisotopic (exact) mass is 341 g/mol. The molecule has 1 saturated heterocycles. The lowest BCUT2D eigenvalue weighted by Crippen LogP contribution is -2.27. The maximum absolute atomic E-state index is 12.5. The highest BCUT2D eigenvalue weighted by Crippen LogP contribution is 2.38. The van der Waals surface area contributed by atoms with Crippen LogP contribution in [0.5, 0.6) is 17.2 Å². The summed E-state index contributed by atoms with van der Waals surface area (Å²) in [6, 6.07) is 11.3. The number of ether oxygens (including phenoxy) is 2. The van der Waals surface area contributed by atoms with E-state index in [9.17, 15) is 14.7 Å². The van der Waals surface area contributed by atoms with E-state index in [-0.39, 0.29) is 12.5 Å². The summed E-state index contributed by atoms with van der Waals surface area (Å²) in [5.74, 6) is 0.829. The minimum Gasteiger partial charge on any atom is -0.508 e. The number of thioether (sulfide) groups is 1. The van der Waals surface area contributed by atoms with Crippen LogP contribution in [-0.4, -0.2) is 23.0 Å². The molecule has 0 aliphatic carbocycles. The summed E-state index contributed by atoms with van der Waals surface area (Å²) < 4.78 is 10.6. The molecular weight excluding hydrogens is 330 g/mol. The van der Waals surface area contributed by atoms with Gasteiger partial charge < -0.3 is 14.6 Å². The van der Waals surface area contributed by atoms with Crippen molar-refractivity contribution in [3.63, 3.8) is 0 Å². The third-order valence-electron chi connectivity index (χ3n) is 3.58. The number of imide groups is 1. The van der Waals surface area contributed by atoms with Gasteiger partial charge in [-0.05, 0) is 47.7 Å². The van der Waals surface area contributed by atoms with Gasteiger partial charge in [0.25, 0.3) is 11.1 Å². The lowest BCUT2D eigenvalue weighted by Gasteiger charge is -2.12. The molecule has 0 radical (unpaired) electrons. The summed E-state index contributed by atoms with van der Waals surface area (Å²) in [6.45, 7) is 0.173. The van der Waals surface area contributed by atoms with Gasteiger partial charge in [0.1, 0.15) is 5.75 Å². The molecule has 0 bridgehead atoms. The number of anilines is 1. The van der Waals surface area contributed by atoms with Gasteiger partial charge in [0.15, 0.2) is 11.5 Å². The molecule has 6 nitrogen and oxygen atoms in total. The first-order valence-electron chi connectivity index (χ1n) is 7.08. The Morgan fingerprint density at radius 2 is 1.92 bits per heavy atom. The van der Waals surface area contributed by atoms with E-state index in [1.807, 2.05) is 0 Å². The fourth-order valence-electron chi connectivity index (χ4n) is 2.48. The van der Waals surface area contributed by atoms with E-state index in [0.717, 1.165) is 22.2 Å². The quantitative estimate of drug-likeness (QED) is 0.844. The van der Waals surface area contributed by atoms with Crippen LogP contribution in [0, 0.1) is 0 Å². The Bertz CT molecular complexity index is 892. The molecule has 7 heteroatoms. The average Bonchev–Trinajstić information content (AvgIpc) is 3.12. The molecule has 2 amide bonds. The number of phenols is 1. The van der Waals surface area contributed by atoms with Crippen LogP contribution >= 0.6 is 11.8 Å². The Labute approximate surface area is 141 Å². The third-order valence-corrected chi connectivity index (χ3v) is 4.45. The molecule has 0 saturated carbocycles. The number of hydrogen-bond acceptors (Lipinski definition) is 6. The second-order valence-electron chi connectivity index (χ2n) is 5.15. The molecule has 24 heavy (non-hydrogen) atoms. The summed E-state index contributed by atoms with van der Waals surface area (Å²) in [6.07, 6.45) is 1.63. The molecule has 2 aromatic carbocycles. The molecule has 0 atom stereocenters. The van der Waals surface area contributed by atoms with Gasteiger partial charge in [-0.3, -0.25) is 9.59 Å². The predicted octanol–water partition coefficient (Wildman–Crippen LogP) is 3.36. The first kappa shape index (κ1) is 14.6. The summed E-state index contributed by atoms with van der Waals surface area (Å²) in [5.41, 5.74) is 1.08. The zero-order valence-electron chi connectivity index (χ0n) is 12.3. The summed E-state index contributed by atoms with van der Waals surface area (Å²) >= 11 is 0.855. The first-order chi connectivity index (χ1) is 11.6. The van der Waals surface area contributed by atoms with E-state index in [0.29, 0.717) is 22.1 Å². The molecule has 120 valence electrons. The molecule has 0 aromatic heterocycles. The lowest BCUT2D eigenvalue weighted by atomic mass is 10.2. The Hall–Kier alpha value is -2.93. The van der Waals surface area contributed by atoms with E-state index in [2.05, 4.69) is 0 Å². The van der Waals surface area contributed by atoms with Crippen molar-refractivity contribution >= 4 is 34.7 Å². The Morgan fingerprint density at radius 1 is 1.08 bits per heavy atom. The number of benzene rings is 2. The molecule has 2 aliphatic heterocycles. The van der Waals surface area contributed by atoms with Crippen molar-refractivity contribution in [3.8, 4) is 17.2 Å². The highest BCUT2D eigenvalue weighted by molar-refractivity contribution is 8.19. The van der Waals surface area contributed by atoms with E-state index >= 15 is 0 Å². The maximum Gasteiger partial charge on any atom is 0.298 e. The summed E-state index contributed by atoms with van der Waals surface area (Å²) in [4.78, 5) is 26.1. The molecule has 1 fully saturated rings. The fourth-order valence-corrected chi connectivity index (χ4v) is 3.32. The Balaban J connectivity index is 1.66. The highest BCUT2D eigenvalue weighted by Gasteiger charge is 2.36. The van der Waals surface area contributed by atoms with Crippen LogP contribution in [0.2, 0.25) is 0 Å². The van der Waals surface area contributed by atoms with E-state index in [4.69, 9.17) is 9.47 Å². The standard InChI is InChI=1S/C17H11NO5S/c19-12-3-1-2-11(8-12)18-16(20)15(24-17(18)21)7-10-4-5-13-14(6-10)23-9-22-13/h1-8,19H,9H2/b15-7+. The lowest BCUT2D eigenvalue weighted by molar-refractivity contribution is -0.113. The van der Waals surface area contributed by atoms with Crippen molar-refractivity contribution in [3.05, 3.63) is 52.9 Å². The minimum atomic E-state index is -0.423. The number of carbonyl (C=O) groups is 2. The number of phenolic OH excluding ortho intramolecular Hbond substituents is 1. The van der Waals surface area contributed by atoms with E-state index in [1.54, 1.807) is 36.4 Å². The molecule has 0 spiro atoms. The molecular formula is C17H11NO5S. The van der Waals surface area contributed by atoms with Gasteiger partial charge in [-0.2, -0.15) is 0 Å². The Kier molecular flexibility index (Phi) is 3.42. The van der Waals surface area contributed by atoms with E-state index < -0.39 is 11.1 Å². The maximum atomic E-state index is 12.5. The average molecular weight is 341 g/mol. The van der Waals surface area contributed by atoms with Gasteiger partial charge >= 0.3 is 0 Å². The topological polar surface area (TPSA) is 76.1 Å². The van der Waals surface area contributed by atoms with Crippen LogP contribution < -0.4 is 14.4 Å². The molecule has 0 unspecified atom stereocenters. The van der Waals surface area contributed by atoms with Crippen molar-refractivity contribution in [1.29, 1.82) is 0 Å². The van der Waals surface area contributed by atoms with Crippen molar-refractivity contribution < 1.29 is 24.2 Å². The van der Waals surface area contributed by atoms with Crippen LogP contribution in [0.3, 0.4) is 0 Å². The molecule has 2 heterocycles. The fraction of sp³-hybridized carbons (Fsp3) is 0.0588. The second-order valence-corrected chi connectivity index (χ2v) is 6.14. The van der Waals surface area contributed by atoms with E-state index in [1.165, 1.54) is 12.1 Å². The van der Waals surface area contributed by atoms with Gasteiger partial charge in [-0.15, -0.1) is 0 Å². The number of hydrogen-bond donors (Lipinski definition) is 1. The summed E-state index contributed by atoms with van der Waals surface area (Å²) in [7, 11) is 0. The highest BCUT2D eigenvalue weighted by atomic mass is 32.2. The van der Waals surface area contributed by atoms with Crippen molar-refractivity contribution in [2.75, 3.05) is 11.7 Å². The predicted molar refractivity (Wildman–Crippen MR) is 89.1 cm³/mol. The van der Waals surface area contributed by atoms with Crippen LogP contribution in [0.15, 0.2) is 47.4 Å². The van der Waals surface area contributed by atoms with Crippen molar-refractivity contribution in [2.24, 2.45) is 0 Å². The number of amides is 2.